The Morgan fingerprint density at radius 3 is 2.11 bits per heavy atom. The Balaban J connectivity index is 2.47. The summed E-state index contributed by atoms with van der Waals surface area (Å²) in [6.07, 6.45) is 3.56. The summed E-state index contributed by atoms with van der Waals surface area (Å²) < 4.78 is 22.3. The first-order valence-corrected chi connectivity index (χ1v) is 8.65. The topological polar surface area (TPSA) is 88.1 Å². The van der Waals surface area contributed by atoms with Crippen molar-refractivity contribution >= 4 is 34.8 Å². The standard InChI is InChI=1S/C21H20O7/c1-11(22)25-16-8-6-7-14-17(16)20(27-13(3)24)19-15(18(14)26-12(2)23)9-10-21(4,5)28-19/h6-10H,1-5H3. The number of carbonyl (C=O) groups excluding carboxylic acids is 3. The number of hydrogen-bond donors (Lipinski definition) is 0. The molecule has 0 unspecified atom stereocenters. The van der Waals surface area contributed by atoms with Gasteiger partial charge in [-0.3, -0.25) is 14.4 Å². The van der Waals surface area contributed by atoms with E-state index in [1.807, 2.05) is 19.9 Å². The third-order valence-corrected chi connectivity index (χ3v) is 3.96. The molecule has 0 atom stereocenters. The first-order valence-electron chi connectivity index (χ1n) is 8.65. The number of benzene rings is 2. The summed E-state index contributed by atoms with van der Waals surface area (Å²) in [5, 5.41) is 0.742. The van der Waals surface area contributed by atoms with Gasteiger partial charge in [0.15, 0.2) is 11.5 Å². The first-order chi connectivity index (χ1) is 13.1. The predicted molar refractivity (Wildman–Crippen MR) is 102 cm³/mol. The lowest BCUT2D eigenvalue weighted by Gasteiger charge is -2.30. The Labute approximate surface area is 161 Å². The van der Waals surface area contributed by atoms with E-state index in [9.17, 15) is 14.4 Å². The molecule has 0 bridgehead atoms. The van der Waals surface area contributed by atoms with Crippen molar-refractivity contribution in [3.05, 3.63) is 29.8 Å². The van der Waals surface area contributed by atoms with E-state index in [2.05, 4.69) is 0 Å². The van der Waals surface area contributed by atoms with Crippen molar-refractivity contribution in [3.8, 4) is 23.0 Å². The molecule has 0 aliphatic carbocycles. The predicted octanol–water partition coefficient (Wildman–Crippen LogP) is 3.80. The molecule has 0 aromatic heterocycles. The van der Waals surface area contributed by atoms with E-state index >= 15 is 0 Å². The van der Waals surface area contributed by atoms with Crippen molar-refractivity contribution < 1.29 is 33.3 Å². The molecule has 0 N–H and O–H groups in total. The minimum absolute atomic E-state index is 0.0997. The maximum absolute atomic E-state index is 11.8. The lowest BCUT2D eigenvalue weighted by Crippen LogP contribution is -2.28. The highest BCUT2D eigenvalue weighted by Gasteiger charge is 2.32. The van der Waals surface area contributed by atoms with Crippen molar-refractivity contribution in [2.75, 3.05) is 0 Å². The zero-order valence-electron chi connectivity index (χ0n) is 16.2. The molecule has 2 aromatic rings. The smallest absolute Gasteiger partial charge is 0.308 e. The van der Waals surface area contributed by atoms with Gasteiger partial charge in [-0.2, -0.15) is 0 Å². The summed E-state index contributed by atoms with van der Waals surface area (Å²) in [5.74, 6) is -0.928. The average Bonchev–Trinajstić information content (AvgIpc) is 2.56. The van der Waals surface area contributed by atoms with Crippen molar-refractivity contribution in [1.29, 1.82) is 0 Å². The molecule has 146 valence electrons. The molecule has 0 fully saturated rings. The number of rotatable bonds is 3. The molecule has 0 spiro atoms. The molecular formula is C21H20O7. The molecule has 0 saturated heterocycles. The van der Waals surface area contributed by atoms with E-state index in [0.717, 1.165) is 0 Å². The summed E-state index contributed by atoms with van der Waals surface area (Å²) in [6, 6.07) is 4.89. The zero-order valence-corrected chi connectivity index (χ0v) is 16.2. The lowest BCUT2D eigenvalue weighted by atomic mass is 9.96. The number of ether oxygens (including phenoxy) is 4. The lowest BCUT2D eigenvalue weighted by molar-refractivity contribution is -0.133. The van der Waals surface area contributed by atoms with Gasteiger partial charge < -0.3 is 18.9 Å². The number of fused-ring (bicyclic) bond motifs is 2. The minimum Gasteiger partial charge on any atom is -0.479 e. The fourth-order valence-corrected chi connectivity index (χ4v) is 3.01. The van der Waals surface area contributed by atoms with Crippen LogP contribution in [-0.2, 0) is 14.4 Å². The highest BCUT2D eigenvalue weighted by atomic mass is 16.6. The second kappa shape index (κ2) is 6.99. The van der Waals surface area contributed by atoms with Gasteiger partial charge in [0.25, 0.3) is 0 Å². The summed E-state index contributed by atoms with van der Waals surface area (Å²) in [7, 11) is 0. The summed E-state index contributed by atoms with van der Waals surface area (Å²) in [5.41, 5.74) is -0.238. The minimum atomic E-state index is -0.695. The Hall–Kier alpha value is -3.35. The molecule has 28 heavy (non-hydrogen) atoms. The van der Waals surface area contributed by atoms with E-state index in [1.165, 1.54) is 20.8 Å². The molecule has 0 radical (unpaired) electrons. The zero-order chi connectivity index (χ0) is 20.6. The normalized spacial score (nSPS) is 14.0. The molecular weight excluding hydrogens is 364 g/mol. The fourth-order valence-electron chi connectivity index (χ4n) is 3.01. The summed E-state index contributed by atoms with van der Waals surface area (Å²) in [6.45, 7) is 7.47. The largest absolute Gasteiger partial charge is 0.479 e. The Morgan fingerprint density at radius 1 is 0.893 bits per heavy atom. The summed E-state index contributed by atoms with van der Waals surface area (Å²) in [4.78, 5) is 35.1. The van der Waals surface area contributed by atoms with Crippen LogP contribution in [-0.4, -0.2) is 23.5 Å². The third-order valence-electron chi connectivity index (χ3n) is 3.96. The van der Waals surface area contributed by atoms with Gasteiger partial charge in [-0.15, -0.1) is 0 Å². The average molecular weight is 384 g/mol. The maximum Gasteiger partial charge on any atom is 0.308 e. The Kier molecular flexibility index (Phi) is 4.85. The van der Waals surface area contributed by atoms with Crippen LogP contribution in [0.1, 0.15) is 40.2 Å². The quantitative estimate of drug-likeness (QED) is 0.587. The molecule has 0 amide bonds. The maximum atomic E-state index is 11.8. The Bertz CT molecular complexity index is 1030. The van der Waals surface area contributed by atoms with Crippen LogP contribution in [0.15, 0.2) is 24.3 Å². The van der Waals surface area contributed by atoms with E-state index in [-0.39, 0.29) is 23.0 Å². The number of hydrogen-bond acceptors (Lipinski definition) is 7. The van der Waals surface area contributed by atoms with Crippen LogP contribution in [0.25, 0.3) is 16.8 Å². The molecule has 2 aromatic carbocycles. The van der Waals surface area contributed by atoms with Gasteiger partial charge in [0.05, 0.1) is 10.9 Å². The van der Waals surface area contributed by atoms with Gasteiger partial charge in [0.1, 0.15) is 17.1 Å². The van der Waals surface area contributed by atoms with E-state index in [1.54, 1.807) is 24.3 Å². The van der Waals surface area contributed by atoms with Crippen LogP contribution in [0, 0.1) is 0 Å². The highest BCUT2D eigenvalue weighted by Crippen LogP contribution is 2.52. The van der Waals surface area contributed by atoms with Gasteiger partial charge in [-0.25, -0.2) is 0 Å². The Morgan fingerprint density at radius 2 is 1.50 bits per heavy atom. The fraction of sp³-hybridized carbons (Fsp3) is 0.286. The van der Waals surface area contributed by atoms with Crippen LogP contribution >= 0.6 is 0 Å². The second-order valence-electron chi connectivity index (χ2n) is 6.90. The summed E-state index contributed by atoms with van der Waals surface area (Å²) >= 11 is 0. The third kappa shape index (κ3) is 3.69. The monoisotopic (exact) mass is 384 g/mol. The molecule has 1 aliphatic rings. The second-order valence-corrected chi connectivity index (χ2v) is 6.90. The molecule has 1 aliphatic heterocycles. The highest BCUT2D eigenvalue weighted by molar-refractivity contribution is 6.06. The van der Waals surface area contributed by atoms with Gasteiger partial charge in [0, 0.05) is 26.2 Å². The number of esters is 3. The SMILES string of the molecule is CC(=O)Oc1c2c(c(OC(C)=O)c3c(OC(C)=O)cccc13)OC(C)(C)C=C2. The van der Waals surface area contributed by atoms with Gasteiger partial charge >= 0.3 is 17.9 Å². The first kappa shape index (κ1) is 19.4. The van der Waals surface area contributed by atoms with Crippen LogP contribution in [0.4, 0.5) is 0 Å². The van der Waals surface area contributed by atoms with Crippen molar-refractivity contribution in [3.63, 3.8) is 0 Å². The van der Waals surface area contributed by atoms with Crippen LogP contribution in [0.5, 0.6) is 23.0 Å². The van der Waals surface area contributed by atoms with Crippen molar-refractivity contribution in [2.24, 2.45) is 0 Å². The van der Waals surface area contributed by atoms with Crippen LogP contribution < -0.4 is 18.9 Å². The van der Waals surface area contributed by atoms with E-state index in [4.69, 9.17) is 18.9 Å². The van der Waals surface area contributed by atoms with Gasteiger partial charge in [0.2, 0.25) is 0 Å². The van der Waals surface area contributed by atoms with E-state index in [0.29, 0.717) is 16.3 Å². The molecule has 7 heteroatoms. The molecule has 0 saturated carbocycles. The van der Waals surface area contributed by atoms with Crippen molar-refractivity contribution in [1.82, 2.24) is 0 Å². The van der Waals surface area contributed by atoms with E-state index < -0.39 is 23.5 Å². The van der Waals surface area contributed by atoms with Gasteiger partial charge in [-0.05, 0) is 32.1 Å². The molecule has 3 rings (SSSR count). The van der Waals surface area contributed by atoms with Crippen LogP contribution in [0.2, 0.25) is 0 Å². The van der Waals surface area contributed by atoms with Crippen molar-refractivity contribution in [2.45, 2.75) is 40.2 Å². The molecule has 7 nitrogen and oxygen atoms in total. The van der Waals surface area contributed by atoms with Gasteiger partial charge in [-0.1, -0.05) is 12.1 Å². The number of carbonyl (C=O) groups is 3. The van der Waals surface area contributed by atoms with Crippen LogP contribution in [0.3, 0.4) is 0 Å². The molecule has 1 heterocycles.